The van der Waals surface area contributed by atoms with E-state index in [1.165, 1.54) is 21.4 Å². The predicted octanol–water partition coefficient (Wildman–Crippen LogP) is 1.23. The van der Waals surface area contributed by atoms with Gasteiger partial charge in [-0.1, -0.05) is 24.3 Å². The summed E-state index contributed by atoms with van der Waals surface area (Å²) in [4.78, 5) is 54.9. The molecule has 1 saturated heterocycles. The first-order chi connectivity index (χ1) is 16.9. The molecular formula is C24H20N6O5. The number of anilines is 1. The summed E-state index contributed by atoms with van der Waals surface area (Å²) in [5.41, 5.74) is -0.480. The number of hydrogen-bond donors (Lipinski definition) is 0. The number of carbonyl (C=O) groups excluding carboxylic acids is 3. The fourth-order valence-electron chi connectivity index (χ4n) is 5.12. The van der Waals surface area contributed by atoms with Crippen molar-refractivity contribution in [2.75, 3.05) is 11.9 Å². The van der Waals surface area contributed by atoms with Gasteiger partial charge in [0.25, 0.3) is 11.5 Å². The molecule has 4 heterocycles. The maximum atomic E-state index is 13.6. The Morgan fingerprint density at radius 2 is 1.77 bits per heavy atom. The lowest BCUT2D eigenvalue weighted by Gasteiger charge is -2.46. The molecule has 2 aliphatic rings. The number of benzene rings is 2. The highest BCUT2D eigenvalue weighted by Gasteiger charge is 2.60. The second-order valence-electron chi connectivity index (χ2n) is 8.64. The number of carbonyl (C=O) groups is 3. The Balaban J connectivity index is 1.40. The Hall–Kier alpha value is -4.54. The first-order valence-corrected chi connectivity index (χ1v) is 11.1. The number of likely N-dealkylation sites (N-methyl/N-ethyl adjacent to an activating group) is 1. The zero-order valence-electron chi connectivity index (χ0n) is 19.0. The van der Waals surface area contributed by atoms with Gasteiger partial charge in [0.15, 0.2) is 12.4 Å². The average molecular weight is 472 g/mol. The number of aryl methyl sites for hydroxylation is 1. The van der Waals surface area contributed by atoms with Gasteiger partial charge in [0.2, 0.25) is 17.3 Å². The highest BCUT2D eigenvalue weighted by atomic mass is 16.5. The molecule has 4 aromatic rings. The van der Waals surface area contributed by atoms with E-state index in [4.69, 9.17) is 4.74 Å². The van der Waals surface area contributed by atoms with Crippen LogP contribution in [0.15, 0.2) is 53.3 Å². The number of ether oxygens (including phenoxy) is 1. The SMILES string of the molecule is CN1C(=O)c2ccccc2N2C(=O)CCC12C(=O)OCc1nnc2n(C)c(=O)c3ccccc3n12. The largest absolute Gasteiger partial charge is 0.454 e. The van der Waals surface area contributed by atoms with Gasteiger partial charge in [-0.2, -0.15) is 0 Å². The van der Waals surface area contributed by atoms with Crippen molar-refractivity contribution in [3.05, 3.63) is 70.3 Å². The minimum absolute atomic E-state index is 0.0989. The molecule has 2 aromatic heterocycles. The molecule has 11 heteroatoms. The van der Waals surface area contributed by atoms with E-state index in [1.54, 1.807) is 60.0 Å². The van der Waals surface area contributed by atoms with Gasteiger partial charge in [0.05, 0.1) is 22.2 Å². The molecule has 0 aliphatic carbocycles. The van der Waals surface area contributed by atoms with Crippen LogP contribution in [0.4, 0.5) is 5.69 Å². The van der Waals surface area contributed by atoms with E-state index in [2.05, 4.69) is 10.2 Å². The van der Waals surface area contributed by atoms with Crippen LogP contribution in [0.25, 0.3) is 16.7 Å². The molecule has 0 radical (unpaired) electrons. The van der Waals surface area contributed by atoms with Crippen LogP contribution in [-0.2, 0) is 28.0 Å². The fraction of sp³-hybridized carbons (Fsp3) is 0.250. The Morgan fingerprint density at radius 1 is 1.03 bits per heavy atom. The summed E-state index contributed by atoms with van der Waals surface area (Å²) >= 11 is 0. The molecule has 35 heavy (non-hydrogen) atoms. The highest BCUT2D eigenvalue weighted by Crippen LogP contribution is 2.44. The molecule has 0 saturated carbocycles. The lowest BCUT2D eigenvalue weighted by atomic mass is 9.97. The molecule has 0 bridgehead atoms. The van der Waals surface area contributed by atoms with Crippen LogP contribution in [-0.4, -0.2) is 54.6 Å². The summed E-state index contributed by atoms with van der Waals surface area (Å²) < 4.78 is 8.74. The van der Waals surface area contributed by atoms with Crippen LogP contribution >= 0.6 is 0 Å². The monoisotopic (exact) mass is 472 g/mol. The molecule has 2 amide bonds. The number of aromatic nitrogens is 4. The van der Waals surface area contributed by atoms with Crippen LogP contribution in [0, 0.1) is 0 Å². The Bertz CT molecular complexity index is 1640. The Labute approximate surface area is 198 Å². The summed E-state index contributed by atoms with van der Waals surface area (Å²) in [5.74, 6) is -0.758. The second-order valence-corrected chi connectivity index (χ2v) is 8.64. The third-order valence-corrected chi connectivity index (χ3v) is 6.89. The van der Waals surface area contributed by atoms with Crippen molar-refractivity contribution in [2.45, 2.75) is 25.1 Å². The third-order valence-electron chi connectivity index (χ3n) is 6.89. The molecule has 11 nitrogen and oxygen atoms in total. The predicted molar refractivity (Wildman–Crippen MR) is 124 cm³/mol. The topological polar surface area (TPSA) is 119 Å². The van der Waals surface area contributed by atoms with Crippen LogP contribution in [0.3, 0.4) is 0 Å². The van der Waals surface area contributed by atoms with Crippen molar-refractivity contribution >= 4 is 40.2 Å². The van der Waals surface area contributed by atoms with E-state index in [1.807, 2.05) is 0 Å². The maximum Gasteiger partial charge on any atom is 0.354 e. The quantitative estimate of drug-likeness (QED) is 0.412. The fourth-order valence-corrected chi connectivity index (χ4v) is 5.12. The molecule has 176 valence electrons. The van der Waals surface area contributed by atoms with Crippen molar-refractivity contribution in [1.29, 1.82) is 0 Å². The summed E-state index contributed by atoms with van der Waals surface area (Å²) in [6.07, 6.45) is 0.209. The minimum Gasteiger partial charge on any atom is -0.454 e. The normalized spacial score (nSPS) is 19.4. The van der Waals surface area contributed by atoms with E-state index < -0.39 is 11.6 Å². The number of para-hydroxylation sites is 2. The number of nitrogens with zero attached hydrogens (tertiary/aromatic N) is 6. The molecular weight excluding hydrogens is 452 g/mol. The summed E-state index contributed by atoms with van der Waals surface area (Å²) in [6.45, 7) is -0.268. The van der Waals surface area contributed by atoms with Crippen LogP contribution in [0.1, 0.15) is 29.0 Å². The smallest absolute Gasteiger partial charge is 0.354 e. The van der Waals surface area contributed by atoms with E-state index in [-0.39, 0.29) is 36.8 Å². The zero-order valence-corrected chi connectivity index (χ0v) is 19.0. The summed E-state index contributed by atoms with van der Waals surface area (Å²) in [6, 6.07) is 13.7. The summed E-state index contributed by atoms with van der Waals surface area (Å²) in [5, 5.41) is 8.72. The molecule has 0 spiro atoms. The van der Waals surface area contributed by atoms with Crippen molar-refractivity contribution in [3.8, 4) is 0 Å². The third kappa shape index (κ3) is 2.66. The van der Waals surface area contributed by atoms with Crippen molar-refractivity contribution < 1.29 is 19.1 Å². The van der Waals surface area contributed by atoms with Gasteiger partial charge in [0.1, 0.15) is 0 Å². The van der Waals surface area contributed by atoms with Crippen LogP contribution in [0.2, 0.25) is 0 Å². The van der Waals surface area contributed by atoms with Gasteiger partial charge in [-0.05, 0) is 24.3 Å². The Kier molecular flexibility index (Phi) is 4.34. The molecule has 0 N–H and O–H groups in total. The zero-order chi connectivity index (χ0) is 24.5. The van der Waals surface area contributed by atoms with E-state index in [0.717, 1.165) is 0 Å². The first kappa shape index (κ1) is 21.0. The lowest BCUT2D eigenvalue weighted by Crippen LogP contribution is -2.67. The minimum atomic E-state index is -1.59. The molecule has 1 unspecified atom stereocenters. The van der Waals surface area contributed by atoms with Gasteiger partial charge in [-0.3, -0.25) is 28.3 Å². The number of fused-ring (bicyclic) bond motifs is 6. The van der Waals surface area contributed by atoms with Gasteiger partial charge < -0.3 is 9.64 Å². The number of esters is 1. The van der Waals surface area contributed by atoms with Gasteiger partial charge in [-0.15, -0.1) is 10.2 Å². The van der Waals surface area contributed by atoms with Crippen molar-refractivity contribution in [2.24, 2.45) is 7.05 Å². The molecule has 2 aromatic carbocycles. The number of rotatable bonds is 3. The van der Waals surface area contributed by atoms with Gasteiger partial charge >= 0.3 is 5.97 Å². The van der Waals surface area contributed by atoms with Crippen molar-refractivity contribution in [3.63, 3.8) is 0 Å². The van der Waals surface area contributed by atoms with Gasteiger partial charge in [0, 0.05) is 26.9 Å². The molecule has 1 atom stereocenters. The average Bonchev–Trinajstić information content (AvgIpc) is 3.47. The van der Waals surface area contributed by atoms with E-state index in [9.17, 15) is 19.2 Å². The van der Waals surface area contributed by atoms with Crippen molar-refractivity contribution in [1.82, 2.24) is 24.1 Å². The maximum absolute atomic E-state index is 13.6. The molecule has 6 rings (SSSR count). The van der Waals surface area contributed by atoms with E-state index >= 15 is 0 Å². The number of amides is 2. The molecule has 2 aliphatic heterocycles. The van der Waals surface area contributed by atoms with Crippen LogP contribution < -0.4 is 10.5 Å². The standard InChI is InChI=1S/C24H20N6O5/c1-27-20(32)14-7-3-5-9-16(14)29-18(25-26-23(27)29)13-35-22(34)24-12-11-19(31)30(24)17-10-6-4-8-15(17)21(33)28(24)2/h3-10H,11-13H2,1-2H3. The van der Waals surface area contributed by atoms with Gasteiger partial charge in [-0.25, -0.2) is 4.79 Å². The molecule has 1 fully saturated rings. The second kappa shape index (κ2) is 7.23. The Morgan fingerprint density at radius 3 is 2.60 bits per heavy atom. The first-order valence-electron chi connectivity index (χ1n) is 11.1. The highest BCUT2D eigenvalue weighted by molar-refractivity contribution is 6.15. The summed E-state index contributed by atoms with van der Waals surface area (Å²) in [7, 11) is 3.09. The number of hydrogen-bond acceptors (Lipinski definition) is 7. The lowest BCUT2D eigenvalue weighted by molar-refractivity contribution is -0.158. The van der Waals surface area contributed by atoms with E-state index in [0.29, 0.717) is 33.8 Å². The van der Waals surface area contributed by atoms with Crippen LogP contribution in [0.5, 0.6) is 0 Å².